The summed E-state index contributed by atoms with van der Waals surface area (Å²) in [5.74, 6) is -0.928. The van der Waals surface area contributed by atoms with Gasteiger partial charge in [-0.05, 0) is 49.1 Å². The van der Waals surface area contributed by atoms with E-state index in [1.165, 1.54) is 5.56 Å². The molecule has 0 bridgehead atoms. The molecule has 1 heterocycles. The molecule has 3 aromatic carbocycles. The lowest BCUT2D eigenvalue weighted by molar-refractivity contribution is -0.253. The number of carbonyl (C=O) groups excluding carboxylic acids is 1. The first-order chi connectivity index (χ1) is 20.3. The summed E-state index contributed by atoms with van der Waals surface area (Å²) >= 11 is 0. The van der Waals surface area contributed by atoms with Gasteiger partial charge >= 0.3 is 5.97 Å². The van der Waals surface area contributed by atoms with E-state index >= 15 is 0 Å². The minimum atomic E-state index is -0.840. The van der Waals surface area contributed by atoms with Gasteiger partial charge in [-0.25, -0.2) is 0 Å². The number of carbonyl (C=O) groups is 2. The summed E-state index contributed by atoms with van der Waals surface area (Å²) in [5, 5.41) is 21.1. The van der Waals surface area contributed by atoms with Crippen LogP contribution in [-0.4, -0.2) is 46.7 Å². The molecule has 8 nitrogen and oxygen atoms in total. The van der Waals surface area contributed by atoms with E-state index in [1.807, 2.05) is 54.6 Å². The highest BCUT2D eigenvalue weighted by Crippen LogP contribution is 2.38. The fourth-order valence-corrected chi connectivity index (χ4v) is 5.14. The number of nitrogens with zero attached hydrogens (tertiary/aromatic N) is 1. The van der Waals surface area contributed by atoms with E-state index in [9.17, 15) is 14.7 Å². The Morgan fingerprint density at radius 2 is 1.55 bits per heavy atom. The summed E-state index contributed by atoms with van der Waals surface area (Å²) in [6.07, 6.45) is 1.36. The third kappa shape index (κ3) is 9.22. The number of benzene rings is 3. The highest BCUT2D eigenvalue weighted by Gasteiger charge is 2.33. The first kappa shape index (κ1) is 31.4. The second-order valence-corrected chi connectivity index (χ2v) is 11.0. The molecule has 4 atom stereocenters. The van der Waals surface area contributed by atoms with E-state index in [-0.39, 0.29) is 37.2 Å². The largest absolute Gasteiger partial charge is 0.481 e. The van der Waals surface area contributed by atoms with Gasteiger partial charge in [0, 0.05) is 44.0 Å². The number of rotatable bonds is 14. The number of aliphatic hydroxyl groups is 1. The monoisotopic (exact) mass is 574 g/mol. The van der Waals surface area contributed by atoms with Gasteiger partial charge in [0.15, 0.2) is 6.29 Å². The van der Waals surface area contributed by atoms with Gasteiger partial charge < -0.3 is 25.0 Å². The SMILES string of the molecule is C[C@@H](c1ccccc1)N(C)C[C@@H]1C[C@H](c2ccc(CO)cc2)O[C@H](c2ccc(CNC(=O)CCCCC(=O)O)cc2)O1. The van der Waals surface area contributed by atoms with Crippen LogP contribution in [0.4, 0.5) is 0 Å². The molecule has 0 saturated carbocycles. The first-order valence-electron chi connectivity index (χ1n) is 14.7. The minimum absolute atomic E-state index is 0.000139. The van der Waals surface area contributed by atoms with Crippen LogP contribution in [0.3, 0.4) is 0 Å². The van der Waals surface area contributed by atoms with Gasteiger partial charge in [0.1, 0.15) is 0 Å². The molecule has 3 N–H and O–H groups in total. The molecule has 0 aliphatic carbocycles. The molecule has 224 valence electrons. The lowest BCUT2D eigenvalue weighted by Gasteiger charge is -2.39. The average molecular weight is 575 g/mol. The number of carboxylic acids is 1. The number of nitrogens with one attached hydrogen (secondary N) is 1. The second-order valence-electron chi connectivity index (χ2n) is 11.0. The van der Waals surface area contributed by atoms with Gasteiger partial charge in [-0.1, -0.05) is 78.9 Å². The van der Waals surface area contributed by atoms with Crippen molar-refractivity contribution in [3.63, 3.8) is 0 Å². The molecule has 3 aromatic rings. The van der Waals surface area contributed by atoms with Crippen molar-refractivity contribution in [1.29, 1.82) is 0 Å². The number of hydrogen-bond donors (Lipinski definition) is 3. The molecule has 0 aromatic heterocycles. The van der Waals surface area contributed by atoms with Crippen LogP contribution in [0, 0.1) is 0 Å². The highest BCUT2D eigenvalue weighted by atomic mass is 16.7. The molecular formula is C34H42N2O6. The Balaban J connectivity index is 1.41. The van der Waals surface area contributed by atoms with E-state index < -0.39 is 12.3 Å². The standard InChI is InChI=1S/C34H42N2O6/c1-24(27-8-4-3-5-9-27)36(2)22-30-20-31(28-16-14-26(23-37)15-17-28)42-34(41-30)29-18-12-25(13-19-29)21-35-32(38)10-6-7-11-33(39)40/h3-5,8-9,12-19,24,30-31,34,37H,6-7,10-11,20-23H2,1-2H3,(H,35,38)(H,39,40)/t24-,30-,31+,34+/m0/s1. The summed E-state index contributed by atoms with van der Waals surface area (Å²) in [4.78, 5) is 25.1. The van der Waals surface area contributed by atoms with E-state index in [0.29, 0.717) is 32.2 Å². The zero-order chi connectivity index (χ0) is 29.9. The molecule has 4 rings (SSSR count). The third-order valence-electron chi connectivity index (χ3n) is 7.84. The smallest absolute Gasteiger partial charge is 0.303 e. The van der Waals surface area contributed by atoms with Crippen LogP contribution >= 0.6 is 0 Å². The molecule has 1 aliphatic heterocycles. The molecule has 1 amide bonds. The fraction of sp³-hybridized carbons (Fsp3) is 0.412. The average Bonchev–Trinajstić information content (AvgIpc) is 3.02. The van der Waals surface area contributed by atoms with Crippen molar-refractivity contribution in [3.8, 4) is 0 Å². The number of unbranched alkanes of at least 4 members (excludes halogenated alkanes) is 1. The Hall–Kier alpha value is -3.56. The van der Waals surface area contributed by atoms with Crippen LogP contribution in [0.25, 0.3) is 0 Å². The molecule has 8 heteroatoms. The number of aliphatic hydroxyl groups excluding tert-OH is 1. The van der Waals surface area contributed by atoms with Crippen molar-refractivity contribution in [3.05, 3.63) is 107 Å². The van der Waals surface area contributed by atoms with Gasteiger partial charge in [0.2, 0.25) is 5.91 Å². The van der Waals surface area contributed by atoms with Crippen molar-refractivity contribution >= 4 is 11.9 Å². The predicted octanol–water partition coefficient (Wildman–Crippen LogP) is 5.68. The molecule has 1 aliphatic rings. The Kier molecular flexibility index (Phi) is 11.7. The zero-order valence-electron chi connectivity index (χ0n) is 24.4. The maximum atomic E-state index is 12.1. The Morgan fingerprint density at radius 3 is 2.21 bits per heavy atom. The van der Waals surface area contributed by atoms with Crippen LogP contribution in [0.5, 0.6) is 0 Å². The maximum Gasteiger partial charge on any atom is 0.303 e. The molecule has 0 radical (unpaired) electrons. The first-order valence-corrected chi connectivity index (χ1v) is 14.7. The lowest BCUT2D eigenvalue weighted by Crippen LogP contribution is -2.38. The molecule has 0 unspecified atom stereocenters. The summed E-state index contributed by atoms with van der Waals surface area (Å²) < 4.78 is 13.0. The van der Waals surface area contributed by atoms with E-state index in [4.69, 9.17) is 14.6 Å². The minimum Gasteiger partial charge on any atom is -0.481 e. The van der Waals surface area contributed by atoms with Gasteiger partial charge in [-0.15, -0.1) is 0 Å². The Morgan fingerprint density at radius 1 is 0.905 bits per heavy atom. The second kappa shape index (κ2) is 15.6. The zero-order valence-corrected chi connectivity index (χ0v) is 24.4. The maximum absolute atomic E-state index is 12.1. The number of aliphatic carboxylic acids is 1. The number of carboxylic acid groups (broad SMARTS) is 1. The van der Waals surface area contributed by atoms with Gasteiger partial charge in [0.25, 0.3) is 0 Å². The molecule has 42 heavy (non-hydrogen) atoms. The Bertz CT molecular complexity index is 1270. The van der Waals surface area contributed by atoms with Crippen molar-refractivity contribution in [2.75, 3.05) is 13.6 Å². The number of amides is 1. The summed E-state index contributed by atoms with van der Waals surface area (Å²) in [6, 6.07) is 26.4. The van der Waals surface area contributed by atoms with Gasteiger partial charge in [0.05, 0.1) is 18.8 Å². The van der Waals surface area contributed by atoms with Crippen molar-refractivity contribution in [1.82, 2.24) is 10.2 Å². The Labute approximate surface area is 248 Å². The lowest BCUT2D eigenvalue weighted by atomic mass is 9.99. The van der Waals surface area contributed by atoms with Crippen molar-refractivity contribution in [2.24, 2.45) is 0 Å². The van der Waals surface area contributed by atoms with Crippen LogP contribution < -0.4 is 5.32 Å². The van der Waals surface area contributed by atoms with Crippen LogP contribution in [0.2, 0.25) is 0 Å². The predicted molar refractivity (Wildman–Crippen MR) is 160 cm³/mol. The normalized spacial score (nSPS) is 19.4. The van der Waals surface area contributed by atoms with Gasteiger partial charge in [-0.3, -0.25) is 14.5 Å². The quantitative estimate of drug-likeness (QED) is 0.213. The highest BCUT2D eigenvalue weighted by molar-refractivity contribution is 5.75. The molecule has 0 spiro atoms. The number of ether oxygens (including phenoxy) is 2. The number of hydrogen-bond acceptors (Lipinski definition) is 6. The topological polar surface area (TPSA) is 108 Å². The van der Waals surface area contributed by atoms with Crippen molar-refractivity contribution < 1.29 is 29.3 Å². The number of likely N-dealkylation sites (N-methyl/N-ethyl adjacent to an activating group) is 1. The van der Waals surface area contributed by atoms with Crippen LogP contribution in [-0.2, 0) is 32.2 Å². The van der Waals surface area contributed by atoms with E-state index in [1.54, 1.807) is 0 Å². The van der Waals surface area contributed by atoms with Crippen LogP contribution in [0.1, 0.15) is 85.3 Å². The molecular weight excluding hydrogens is 532 g/mol. The summed E-state index contributed by atoms with van der Waals surface area (Å²) in [6.45, 7) is 3.33. The molecule has 1 saturated heterocycles. The third-order valence-corrected chi connectivity index (χ3v) is 7.84. The fourth-order valence-electron chi connectivity index (χ4n) is 5.14. The van der Waals surface area contributed by atoms with E-state index in [0.717, 1.165) is 28.8 Å². The summed E-state index contributed by atoms with van der Waals surface area (Å²) in [5.41, 5.74) is 5.02. The van der Waals surface area contributed by atoms with Gasteiger partial charge in [-0.2, -0.15) is 0 Å². The summed E-state index contributed by atoms with van der Waals surface area (Å²) in [7, 11) is 2.12. The van der Waals surface area contributed by atoms with Crippen LogP contribution in [0.15, 0.2) is 78.9 Å². The van der Waals surface area contributed by atoms with Crippen molar-refractivity contribution in [2.45, 2.75) is 76.7 Å². The van der Waals surface area contributed by atoms with E-state index in [2.05, 4.69) is 48.5 Å². The molecule has 1 fully saturated rings.